The summed E-state index contributed by atoms with van der Waals surface area (Å²) in [6.07, 6.45) is 1.39. The SMILES string of the molecule is CC(C)C(Cl)CCc1ccc(Br)cc1[N+](=O)[O-]. The van der Waals surface area contributed by atoms with Crippen molar-refractivity contribution < 1.29 is 4.92 Å². The third kappa shape index (κ3) is 4.28. The highest BCUT2D eigenvalue weighted by molar-refractivity contribution is 9.10. The van der Waals surface area contributed by atoms with Crippen LogP contribution in [0.4, 0.5) is 5.69 Å². The van der Waals surface area contributed by atoms with Crippen LogP contribution in [0.25, 0.3) is 0 Å². The Kier molecular flexibility index (Phi) is 5.40. The van der Waals surface area contributed by atoms with Crippen molar-refractivity contribution in [1.82, 2.24) is 0 Å². The second kappa shape index (κ2) is 6.36. The van der Waals surface area contributed by atoms with Crippen LogP contribution >= 0.6 is 27.5 Å². The van der Waals surface area contributed by atoms with Gasteiger partial charge < -0.3 is 0 Å². The molecule has 17 heavy (non-hydrogen) atoms. The van der Waals surface area contributed by atoms with Crippen LogP contribution in [0.5, 0.6) is 0 Å². The number of aryl methyl sites for hydroxylation is 1. The molecule has 1 atom stereocenters. The molecule has 1 rings (SSSR count). The van der Waals surface area contributed by atoms with E-state index in [1.54, 1.807) is 6.07 Å². The first-order valence-electron chi connectivity index (χ1n) is 5.48. The normalized spacial score (nSPS) is 12.8. The zero-order valence-corrected chi connectivity index (χ0v) is 12.2. The molecule has 0 aliphatic rings. The lowest BCUT2D eigenvalue weighted by Gasteiger charge is -2.12. The molecule has 0 saturated heterocycles. The molecule has 1 unspecified atom stereocenters. The lowest BCUT2D eigenvalue weighted by Crippen LogP contribution is -2.09. The smallest absolute Gasteiger partial charge is 0.258 e. The fraction of sp³-hybridized carbons (Fsp3) is 0.500. The number of nitro benzene ring substituents is 1. The van der Waals surface area contributed by atoms with Crippen molar-refractivity contribution in [2.75, 3.05) is 0 Å². The molecule has 1 aromatic carbocycles. The number of rotatable bonds is 5. The molecule has 0 N–H and O–H groups in total. The molecule has 0 aromatic heterocycles. The number of hydrogen-bond acceptors (Lipinski definition) is 2. The number of benzene rings is 1. The van der Waals surface area contributed by atoms with Crippen LogP contribution in [0.15, 0.2) is 22.7 Å². The summed E-state index contributed by atoms with van der Waals surface area (Å²) in [4.78, 5) is 10.6. The zero-order chi connectivity index (χ0) is 13.0. The summed E-state index contributed by atoms with van der Waals surface area (Å²) < 4.78 is 0.722. The number of alkyl halides is 1. The predicted octanol–water partition coefficient (Wildman–Crippen LogP) is 4.55. The standard InChI is InChI=1S/C12H15BrClNO2/c1-8(2)11(14)6-4-9-3-5-10(13)7-12(9)15(16)17/h3,5,7-8,11H,4,6H2,1-2H3. The minimum absolute atomic E-state index is 0.0539. The molecule has 1 aromatic rings. The molecule has 0 aliphatic carbocycles. The Bertz CT molecular complexity index is 409. The Morgan fingerprint density at radius 3 is 2.65 bits per heavy atom. The van der Waals surface area contributed by atoms with Gasteiger partial charge in [0, 0.05) is 21.5 Å². The van der Waals surface area contributed by atoms with Gasteiger partial charge in [0.25, 0.3) is 5.69 Å². The first-order chi connectivity index (χ1) is 7.91. The second-order valence-corrected chi connectivity index (χ2v) is 5.81. The zero-order valence-electron chi connectivity index (χ0n) is 9.82. The van der Waals surface area contributed by atoms with Gasteiger partial charge in [0.2, 0.25) is 0 Å². The molecule has 5 heteroatoms. The molecule has 0 saturated carbocycles. The van der Waals surface area contributed by atoms with Crippen LogP contribution in [0, 0.1) is 16.0 Å². The van der Waals surface area contributed by atoms with E-state index >= 15 is 0 Å². The van der Waals surface area contributed by atoms with Crippen molar-refractivity contribution in [2.24, 2.45) is 5.92 Å². The van der Waals surface area contributed by atoms with Crippen molar-refractivity contribution in [3.8, 4) is 0 Å². The maximum absolute atomic E-state index is 10.9. The van der Waals surface area contributed by atoms with Crippen LogP contribution < -0.4 is 0 Å². The van der Waals surface area contributed by atoms with E-state index in [4.69, 9.17) is 11.6 Å². The Morgan fingerprint density at radius 1 is 1.47 bits per heavy atom. The van der Waals surface area contributed by atoms with E-state index in [1.165, 1.54) is 6.07 Å². The van der Waals surface area contributed by atoms with Crippen LogP contribution in [-0.2, 0) is 6.42 Å². The third-order valence-electron chi connectivity index (χ3n) is 2.66. The van der Waals surface area contributed by atoms with Gasteiger partial charge in [-0.05, 0) is 24.8 Å². The fourth-order valence-electron chi connectivity index (χ4n) is 1.55. The van der Waals surface area contributed by atoms with Crippen molar-refractivity contribution in [1.29, 1.82) is 0 Å². The van der Waals surface area contributed by atoms with Crippen LogP contribution in [0.3, 0.4) is 0 Å². The highest BCUT2D eigenvalue weighted by Crippen LogP contribution is 2.26. The molecule has 0 radical (unpaired) electrons. The maximum atomic E-state index is 10.9. The van der Waals surface area contributed by atoms with Crippen LogP contribution in [0.2, 0.25) is 0 Å². The van der Waals surface area contributed by atoms with E-state index in [0.29, 0.717) is 12.3 Å². The molecular weight excluding hydrogens is 305 g/mol. The minimum atomic E-state index is -0.349. The number of nitro groups is 1. The fourth-order valence-corrected chi connectivity index (χ4v) is 2.00. The van der Waals surface area contributed by atoms with Gasteiger partial charge in [-0.1, -0.05) is 35.8 Å². The molecule has 0 fully saturated rings. The Hall–Kier alpha value is -0.610. The summed E-state index contributed by atoms with van der Waals surface area (Å²) in [5, 5.41) is 11.0. The highest BCUT2D eigenvalue weighted by Gasteiger charge is 2.16. The van der Waals surface area contributed by atoms with E-state index in [1.807, 2.05) is 19.9 Å². The predicted molar refractivity (Wildman–Crippen MR) is 73.6 cm³/mol. The summed E-state index contributed by atoms with van der Waals surface area (Å²) in [6.45, 7) is 4.10. The third-order valence-corrected chi connectivity index (χ3v) is 3.87. The number of nitrogens with zero attached hydrogens (tertiary/aromatic N) is 1. The summed E-state index contributed by atoms with van der Waals surface area (Å²) in [5.74, 6) is 0.381. The van der Waals surface area contributed by atoms with Gasteiger partial charge in [-0.3, -0.25) is 10.1 Å². The molecular formula is C12H15BrClNO2. The van der Waals surface area contributed by atoms with E-state index < -0.39 is 0 Å². The average Bonchev–Trinajstić information content (AvgIpc) is 2.26. The van der Waals surface area contributed by atoms with Crippen LogP contribution in [0.1, 0.15) is 25.8 Å². The van der Waals surface area contributed by atoms with Gasteiger partial charge in [0.1, 0.15) is 0 Å². The quantitative estimate of drug-likeness (QED) is 0.453. The minimum Gasteiger partial charge on any atom is -0.258 e. The van der Waals surface area contributed by atoms with Crippen LogP contribution in [-0.4, -0.2) is 10.3 Å². The van der Waals surface area contributed by atoms with Gasteiger partial charge in [-0.15, -0.1) is 11.6 Å². The molecule has 0 bridgehead atoms. The highest BCUT2D eigenvalue weighted by atomic mass is 79.9. The molecule has 3 nitrogen and oxygen atoms in total. The second-order valence-electron chi connectivity index (χ2n) is 4.33. The lowest BCUT2D eigenvalue weighted by atomic mass is 10.0. The molecule has 94 valence electrons. The summed E-state index contributed by atoms with van der Waals surface area (Å²) in [6, 6.07) is 5.14. The summed E-state index contributed by atoms with van der Waals surface area (Å²) in [5.41, 5.74) is 0.900. The Balaban J connectivity index is 2.80. The largest absolute Gasteiger partial charge is 0.273 e. The summed E-state index contributed by atoms with van der Waals surface area (Å²) in [7, 11) is 0. The monoisotopic (exact) mass is 319 g/mol. The van der Waals surface area contributed by atoms with Crippen molar-refractivity contribution in [2.45, 2.75) is 32.1 Å². The van der Waals surface area contributed by atoms with Crippen molar-refractivity contribution in [3.63, 3.8) is 0 Å². The van der Waals surface area contributed by atoms with Gasteiger partial charge in [-0.25, -0.2) is 0 Å². The average molecular weight is 321 g/mol. The maximum Gasteiger partial charge on any atom is 0.273 e. The first-order valence-corrected chi connectivity index (χ1v) is 6.71. The number of hydrogen-bond donors (Lipinski definition) is 0. The Labute approximate surface area is 114 Å². The summed E-state index contributed by atoms with van der Waals surface area (Å²) >= 11 is 9.39. The van der Waals surface area contributed by atoms with Crippen molar-refractivity contribution in [3.05, 3.63) is 38.3 Å². The Morgan fingerprint density at radius 2 is 2.12 bits per heavy atom. The van der Waals surface area contributed by atoms with Crippen molar-refractivity contribution >= 4 is 33.2 Å². The topological polar surface area (TPSA) is 43.1 Å². The molecule has 0 aliphatic heterocycles. The first kappa shape index (κ1) is 14.5. The lowest BCUT2D eigenvalue weighted by molar-refractivity contribution is -0.385. The van der Waals surface area contributed by atoms with Gasteiger partial charge in [-0.2, -0.15) is 0 Å². The molecule has 0 amide bonds. The number of halogens is 2. The van der Waals surface area contributed by atoms with Gasteiger partial charge in [0.15, 0.2) is 0 Å². The van der Waals surface area contributed by atoms with E-state index in [9.17, 15) is 10.1 Å². The van der Waals surface area contributed by atoms with E-state index in [0.717, 1.165) is 16.5 Å². The van der Waals surface area contributed by atoms with Gasteiger partial charge >= 0.3 is 0 Å². The van der Waals surface area contributed by atoms with Gasteiger partial charge in [0.05, 0.1) is 4.92 Å². The molecule has 0 heterocycles. The van der Waals surface area contributed by atoms with E-state index in [-0.39, 0.29) is 16.0 Å². The molecule has 0 spiro atoms. The van der Waals surface area contributed by atoms with E-state index in [2.05, 4.69) is 15.9 Å².